The third-order valence-corrected chi connectivity index (χ3v) is 6.70. The molecule has 0 radical (unpaired) electrons. The Kier molecular flexibility index (Phi) is 5.30. The SMILES string of the molecule is CC(C)c1cccc2sc(N(Cc3ccco3)C(=O)CN3C(=O)c4ccccc4C3=O)nc12. The zero-order chi connectivity index (χ0) is 23.1. The number of benzene rings is 2. The van der Waals surface area contributed by atoms with E-state index in [4.69, 9.17) is 9.40 Å². The lowest BCUT2D eigenvalue weighted by molar-refractivity contribution is -0.119. The normalized spacial score (nSPS) is 13.2. The van der Waals surface area contributed by atoms with E-state index in [0.717, 1.165) is 20.7 Å². The number of amides is 3. The van der Waals surface area contributed by atoms with Crippen molar-refractivity contribution in [3.63, 3.8) is 0 Å². The summed E-state index contributed by atoms with van der Waals surface area (Å²) in [5.41, 5.74) is 2.58. The monoisotopic (exact) mass is 459 g/mol. The number of furan rings is 1. The average Bonchev–Trinajstić information content (AvgIpc) is 3.53. The molecule has 33 heavy (non-hydrogen) atoms. The first-order valence-electron chi connectivity index (χ1n) is 10.6. The maximum atomic E-state index is 13.5. The van der Waals surface area contributed by atoms with Gasteiger partial charge in [0.15, 0.2) is 5.13 Å². The van der Waals surface area contributed by atoms with Gasteiger partial charge in [-0.25, -0.2) is 4.98 Å². The molecule has 2 aromatic carbocycles. The fraction of sp³-hybridized carbons (Fsp3) is 0.200. The first-order valence-corrected chi connectivity index (χ1v) is 11.4. The van der Waals surface area contributed by atoms with Gasteiger partial charge in [-0.15, -0.1) is 0 Å². The van der Waals surface area contributed by atoms with Gasteiger partial charge in [-0.2, -0.15) is 0 Å². The first kappa shape index (κ1) is 21.1. The molecule has 3 heterocycles. The second kappa shape index (κ2) is 8.29. The molecular formula is C25H21N3O4S. The van der Waals surface area contributed by atoms with Gasteiger partial charge in [0, 0.05) is 0 Å². The number of anilines is 1. The van der Waals surface area contributed by atoms with Crippen LogP contribution in [0.3, 0.4) is 0 Å². The lowest BCUT2D eigenvalue weighted by Gasteiger charge is -2.21. The minimum Gasteiger partial charge on any atom is -0.467 e. The van der Waals surface area contributed by atoms with Gasteiger partial charge in [-0.3, -0.25) is 24.2 Å². The minimum atomic E-state index is -0.465. The van der Waals surface area contributed by atoms with Crippen LogP contribution in [0.1, 0.15) is 51.8 Å². The van der Waals surface area contributed by atoms with Crippen molar-refractivity contribution in [3.8, 4) is 0 Å². The zero-order valence-electron chi connectivity index (χ0n) is 18.1. The Morgan fingerprint density at radius 1 is 1.03 bits per heavy atom. The standard InChI is InChI=1S/C25H21N3O4S/c1-15(2)17-10-5-11-20-22(17)26-25(33-20)27(13-16-7-6-12-32-16)21(29)14-28-23(30)18-8-3-4-9-19(18)24(28)31/h3-12,15H,13-14H2,1-2H3. The Morgan fingerprint density at radius 2 is 1.76 bits per heavy atom. The Hall–Kier alpha value is -3.78. The van der Waals surface area contributed by atoms with E-state index in [-0.39, 0.29) is 19.0 Å². The van der Waals surface area contributed by atoms with Gasteiger partial charge in [0.05, 0.1) is 34.2 Å². The van der Waals surface area contributed by atoms with Crippen LogP contribution >= 0.6 is 11.3 Å². The molecule has 0 fully saturated rings. The molecule has 166 valence electrons. The lowest BCUT2D eigenvalue weighted by Crippen LogP contribution is -2.42. The number of hydrogen-bond acceptors (Lipinski definition) is 6. The summed E-state index contributed by atoms with van der Waals surface area (Å²) >= 11 is 1.40. The number of hydrogen-bond donors (Lipinski definition) is 0. The number of thiazole rings is 1. The zero-order valence-corrected chi connectivity index (χ0v) is 19.0. The van der Waals surface area contributed by atoms with Crippen molar-refractivity contribution in [1.82, 2.24) is 9.88 Å². The van der Waals surface area contributed by atoms with Crippen LogP contribution in [0.4, 0.5) is 5.13 Å². The smallest absolute Gasteiger partial charge is 0.262 e. The van der Waals surface area contributed by atoms with Gasteiger partial charge in [0.2, 0.25) is 5.91 Å². The van der Waals surface area contributed by atoms with E-state index in [2.05, 4.69) is 13.8 Å². The maximum absolute atomic E-state index is 13.5. The highest BCUT2D eigenvalue weighted by molar-refractivity contribution is 7.22. The number of nitrogens with zero attached hydrogens (tertiary/aromatic N) is 3. The summed E-state index contributed by atoms with van der Waals surface area (Å²) in [5.74, 6) is -0.488. The molecule has 7 nitrogen and oxygen atoms in total. The number of carbonyl (C=O) groups is 3. The van der Waals surface area contributed by atoms with Crippen LogP contribution in [-0.2, 0) is 11.3 Å². The van der Waals surface area contributed by atoms with E-state index < -0.39 is 17.7 Å². The van der Waals surface area contributed by atoms with Crippen LogP contribution in [0.15, 0.2) is 65.3 Å². The highest BCUT2D eigenvalue weighted by atomic mass is 32.1. The van der Waals surface area contributed by atoms with Crippen molar-refractivity contribution < 1.29 is 18.8 Å². The van der Waals surface area contributed by atoms with E-state index in [1.807, 2.05) is 18.2 Å². The number of aromatic nitrogens is 1. The molecule has 2 aromatic heterocycles. The molecule has 8 heteroatoms. The van der Waals surface area contributed by atoms with Gasteiger partial charge in [-0.05, 0) is 41.8 Å². The minimum absolute atomic E-state index is 0.145. The Bertz CT molecular complexity index is 1340. The summed E-state index contributed by atoms with van der Waals surface area (Å²) in [7, 11) is 0. The molecule has 0 spiro atoms. The van der Waals surface area contributed by atoms with Gasteiger partial charge in [-0.1, -0.05) is 49.4 Å². The molecule has 5 rings (SSSR count). The summed E-state index contributed by atoms with van der Waals surface area (Å²) < 4.78 is 6.44. The van der Waals surface area contributed by atoms with Crippen molar-refractivity contribution in [2.24, 2.45) is 0 Å². The Balaban J connectivity index is 1.49. The number of para-hydroxylation sites is 1. The van der Waals surface area contributed by atoms with E-state index in [1.165, 1.54) is 22.5 Å². The van der Waals surface area contributed by atoms with Gasteiger partial charge in [0.25, 0.3) is 11.8 Å². The molecule has 1 aliphatic rings. The lowest BCUT2D eigenvalue weighted by atomic mass is 10.0. The summed E-state index contributed by atoms with van der Waals surface area (Å²) in [6, 6.07) is 16.1. The Labute approximate surface area is 194 Å². The number of rotatable bonds is 6. The molecule has 0 bridgehead atoms. The predicted octanol–water partition coefficient (Wildman–Crippen LogP) is 4.84. The first-order chi connectivity index (χ1) is 15.9. The predicted molar refractivity (Wildman–Crippen MR) is 125 cm³/mol. The van der Waals surface area contributed by atoms with Crippen LogP contribution in [0.5, 0.6) is 0 Å². The average molecular weight is 460 g/mol. The molecule has 0 unspecified atom stereocenters. The van der Waals surface area contributed by atoms with Crippen LogP contribution in [-0.4, -0.2) is 34.2 Å². The second-order valence-electron chi connectivity index (χ2n) is 8.15. The van der Waals surface area contributed by atoms with Crippen LogP contribution in [0, 0.1) is 0 Å². The van der Waals surface area contributed by atoms with Crippen molar-refractivity contribution in [2.75, 3.05) is 11.4 Å². The summed E-state index contributed by atoms with van der Waals surface area (Å²) in [6.07, 6.45) is 1.54. The van der Waals surface area contributed by atoms with Crippen LogP contribution in [0.2, 0.25) is 0 Å². The van der Waals surface area contributed by atoms with Gasteiger partial charge < -0.3 is 4.42 Å². The van der Waals surface area contributed by atoms with Gasteiger partial charge in [0.1, 0.15) is 12.3 Å². The highest BCUT2D eigenvalue weighted by Crippen LogP contribution is 2.34. The molecule has 0 atom stereocenters. The largest absolute Gasteiger partial charge is 0.467 e. The van der Waals surface area contributed by atoms with E-state index in [0.29, 0.717) is 22.0 Å². The third-order valence-electron chi connectivity index (χ3n) is 5.66. The molecule has 0 saturated heterocycles. The second-order valence-corrected chi connectivity index (χ2v) is 9.16. The van der Waals surface area contributed by atoms with Crippen LogP contribution in [0.25, 0.3) is 10.2 Å². The molecule has 0 N–H and O–H groups in total. The fourth-order valence-electron chi connectivity index (χ4n) is 3.96. The van der Waals surface area contributed by atoms with E-state index in [9.17, 15) is 14.4 Å². The van der Waals surface area contributed by atoms with Crippen LogP contribution < -0.4 is 4.90 Å². The molecular weight excluding hydrogens is 438 g/mol. The maximum Gasteiger partial charge on any atom is 0.262 e. The quantitative estimate of drug-likeness (QED) is 0.385. The molecule has 1 aliphatic heterocycles. The Morgan fingerprint density at radius 3 is 2.39 bits per heavy atom. The molecule has 3 amide bonds. The van der Waals surface area contributed by atoms with Crippen molar-refractivity contribution in [3.05, 3.63) is 83.3 Å². The molecule has 0 saturated carbocycles. The van der Waals surface area contributed by atoms with E-state index in [1.54, 1.807) is 36.4 Å². The van der Waals surface area contributed by atoms with E-state index >= 15 is 0 Å². The molecule has 4 aromatic rings. The third kappa shape index (κ3) is 3.72. The van der Waals surface area contributed by atoms with Crippen molar-refractivity contribution in [2.45, 2.75) is 26.3 Å². The van der Waals surface area contributed by atoms with Crippen molar-refractivity contribution >= 4 is 44.4 Å². The van der Waals surface area contributed by atoms with Crippen molar-refractivity contribution in [1.29, 1.82) is 0 Å². The summed E-state index contributed by atoms with van der Waals surface area (Å²) in [4.78, 5) is 46.3. The summed E-state index contributed by atoms with van der Waals surface area (Å²) in [6.45, 7) is 3.97. The number of fused-ring (bicyclic) bond motifs is 2. The topological polar surface area (TPSA) is 83.7 Å². The molecule has 0 aliphatic carbocycles. The number of imide groups is 1. The number of carbonyl (C=O) groups excluding carboxylic acids is 3. The summed E-state index contributed by atoms with van der Waals surface area (Å²) in [5, 5.41) is 0.496. The van der Waals surface area contributed by atoms with Gasteiger partial charge >= 0.3 is 0 Å². The fourth-order valence-corrected chi connectivity index (χ4v) is 4.98. The highest BCUT2D eigenvalue weighted by Gasteiger charge is 2.37.